The van der Waals surface area contributed by atoms with Crippen LogP contribution in [0.4, 0.5) is 5.69 Å². The maximum atomic E-state index is 12.0. The second kappa shape index (κ2) is 12.3. The average molecular weight is 430 g/mol. The van der Waals surface area contributed by atoms with Crippen molar-refractivity contribution in [3.8, 4) is 16.9 Å². The Kier molecular flexibility index (Phi) is 8.87. The Morgan fingerprint density at radius 1 is 0.875 bits per heavy atom. The van der Waals surface area contributed by atoms with E-state index in [4.69, 9.17) is 4.74 Å². The number of nitrogens with zero attached hydrogens (tertiary/aromatic N) is 2. The minimum Gasteiger partial charge on any atom is -0.484 e. The fourth-order valence-corrected chi connectivity index (χ4v) is 3.42. The molecule has 0 spiro atoms. The highest BCUT2D eigenvalue weighted by Crippen LogP contribution is 2.22. The van der Waals surface area contributed by atoms with Crippen molar-refractivity contribution in [3.05, 3.63) is 84.4 Å². The van der Waals surface area contributed by atoms with E-state index in [9.17, 15) is 4.79 Å². The van der Waals surface area contributed by atoms with E-state index in [-0.39, 0.29) is 12.5 Å². The number of anilines is 1. The Bertz CT molecular complexity index is 978. The Morgan fingerprint density at radius 2 is 1.50 bits per heavy atom. The first-order valence-electron chi connectivity index (χ1n) is 11.1. The second-order valence-corrected chi connectivity index (χ2v) is 7.55. The highest BCUT2D eigenvalue weighted by molar-refractivity contribution is 5.83. The fraction of sp³-hybridized carbons (Fsp3) is 0.259. The van der Waals surface area contributed by atoms with Gasteiger partial charge in [0.05, 0.1) is 6.21 Å². The van der Waals surface area contributed by atoms with Gasteiger partial charge in [0, 0.05) is 18.8 Å². The number of hydrogen-bond acceptors (Lipinski definition) is 4. The Balaban J connectivity index is 1.45. The molecular formula is C27H31N3O2. The predicted octanol–water partition coefficient (Wildman–Crippen LogP) is 5.51. The molecule has 0 fully saturated rings. The predicted molar refractivity (Wildman–Crippen MR) is 132 cm³/mol. The van der Waals surface area contributed by atoms with Crippen LogP contribution in [0.25, 0.3) is 11.1 Å². The topological polar surface area (TPSA) is 53.9 Å². The van der Waals surface area contributed by atoms with E-state index < -0.39 is 0 Å². The number of hydrogen-bond donors (Lipinski definition) is 1. The number of benzene rings is 3. The van der Waals surface area contributed by atoms with Gasteiger partial charge in [-0.2, -0.15) is 5.10 Å². The number of nitrogens with one attached hydrogen (secondary N) is 1. The van der Waals surface area contributed by atoms with Crippen molar-refractivity contribution in [3.63, 3.8) is 0 Å². The first kappa shape index (κ1) is 23.1. The number of ether oxygens (including phenoxy) is 1. The van der Waals surface area contributed by atoms with E-state index in [1.54, 1.807) is 6.21 Å². The Labute approximate surface area is 190 Å². The molecule has 0 bridgehead atoms. The molecule has 5 heteroatoms. The van der Waals surface area contributed by atoms with Crippen molar-refractivity contribution >= 4 is 17.8 Å². The summed E-state index contributed by atoms with van der Waals surface area (Å²) < 4.78 is 5.56. The van der Waals surface area contributed by atoms with E-state index in [0.29, 0.717) is 5.75 Å². The van der Waals surface area contributed by atoms with Crippen LogP contribution in [0.3, 0.4) is 0 Å². The summed E-state index contributed by atoms with van der Waals surface area (Å²) in [6.07, 6.45) is 3.88. The van der Waals surface area contributed by atoms with Crippen molar-refractivity contribution in [2.75, 3.05) is 24.6 Å². The quantitative estimate of drug-likeness (QED) is 0.323. The van der Waals surface area contributed by atoms with Crippen LogP contribution in [0.15, 0.2) is 84.0 Å². The van der Waals surface area contributed by atoms with E-state index in [1.807, 2.05) is 54.6 Å². The van der Waals surface area contributed by atoms with Gasteiger partial charge in [0.15, 0.2) is 6.61 Å². The third-order valence-corrected chi connectivity index (χ3v) is 4.98. The molecule has 32 heavy (non-hydrogen) atoms. The summed E-state index contributed by atoms with van der Waals surface area (Å²) in [6, 6.07) is 26.0. The molecule has 5 nitrogen and oxygen atoms in total. The second-order valence-electron chi connectivity index (χ2n) is 7.55. The van der Waals surface area contributed by atoms with Crippen LogP contribution < -0.4 is 15.1 Å². The molecule has 1 N–H and O–H groups in total. The standard InChI is InChI=1S/C27H31N3O2/c1-3-18-30(19-4-2)25-14-10-22(11-15-25)20-28-29-27(31)21-32-26-16-12-24(13-17-26)23-8-6-5-7-9-23/h5-17,20H,3-4,18-19,21H2,1-2H3,(H,29,31). The molecule has 0 saturated carbocycles. The lowest BCUT2D eigenvalue weighted by Crippen LogP contribution is -2.25. The lowest BCUT2D eigenvalue weighted by Gasteiger charge is -2.23. The molecule has 0 saturated heterocycles. The lowest BCUT2D eigenvalue weighted by atomic mass is 10.1. The molecule has 3 aromatic carbocycles. The highest BCUT2D eigenvalue weighted by Gasteiger charge is 2.05. The van der Waals surface area contributed by atoms with Gasteiger partial charge in [-0.3, -0.25) is 4.79 Å². The van der Waals surface area contributed by atoms with Crippen molar-refractivity contribution in [1.29, 1.82) is 0 Å². The van der Waals surface area contributed by atoms with Gasteiger partial charge in [-0.1, -0.05) is 68.4 Å². The molecule has 0 aliphatic rings. The van der Waals surface area contributed by atoms with E-state index in [1.165, 1.54) is 5.69 Å². The number of hydrazone groups is 1. The molecule has 3 aromatic rings. The molecule has 166 valence electrons. The van der Waals surface area contributed by atoms with Crippen molar-refractivity contribution in [1.82, 2.24) is 5.43 Å². The van der Waals surface area contributed by atoms with Gasteiger partial charge in [-0.25, -0.2) is 5.43 Å². The number of carbonyl (C=O) groups excluding carboxylic acids is 1. The van der Waals surface area contributed by atoms with Crippen molar-refractivity contribution in [2.24, 2.45) is 5.10 Å². The fourth-order valence-electron chi connectivity index (χ4n) is 3.42. The summed E-state index contributed by atoms with van der Waals surface area (Å²) in [5, 5.41) is 4.04. The molecule has 1 amide bonds. The van der Waals surface area contributed by atoms with Crippen LogP contribution >= 0.6 is 0 Å². The molecule has 0 aliphatic carbocycles. The molecular weight excluding hydrogens is 398 g/mol. The number of rotatable bonds is 11. The number of carbonyl (C=O) groups is 1. The first-order chi connectivity index (χ1) is 15.7. The zero-order chi connectivity index (χ0) is 22.6. The molecule has 3 rings (SSSR count). The molecule has 0 aliphatic heterocycles. The minimum absolute atomic E-state index is 0.0933. The zero-order valence-electron chi connectivity index (χ0n) is 18.8. The summed E-state index contributed by atoms with van der Waals surface area (Å²) in [5.41, 5.74) is 6.90. The largest absolute Gasteiger partial charge is 0.484 e. The summed E-state index contributed by atoms with van der Waals surface area (Å²) in [7, 11) is 0. The zero-order valence-corrected chi connectivity index (χ0v) is 18.8. The summed E-state index contributed by atoms with van der Waals surface area (Å²) in [4.78, 5) is 14.4. The van der Waals surface area contributed by atoms with Crippen LogP contribution in [-0.2, 0) is 4.79 Å². The van der Waals surface area contributed by atoms with Crippen LogP contribution in [0.2, 0.25) is 0 Å². The summed E-state index contributed by atoms with van der Waals surface area (Å²) in [6.45, 7) is 6.38. The SMILES string of the molecule is CCCN(CCC)c1ccc(C=NNC(=O)COc2ccc(-c3ccccc3)cc2)cc1. The van der Waals surface area contributed by atoms with E-state index in [0.717, 1.165) is 42.6 Å². The van der Waals surface area contributed by atoms with Gasteiger partial charge in [-0.15, -0.1) is 0 Å². The summed E-state index contributed by atoms with van der Waals surface area (Å²) in [5.74, 6) is 0.338. The third kappa shape index (κ3) is 6.98. The first-order valence-corrected chi connectivity index (χ1v) is 11.1. The number of amides is 1. The lowest BCUT2D eigenvalue weighted by molar-refractivity contribution is -0.123. The molecule has 0 radical (unpaired) electrons. The van der Waals surface area contributed by atoms with Gasteiger partial charge >= 0.3 is 0 Å². The van der Waals surface area contributed by atoms with Crippen molar-refractivity contribution in [2.45, 2.75) is 26.7 Å². The van der Waals surface area contributed by atoms with E-state index >= 15 is 0 Å². The Morgan fingerprint density at radius 3 is 2.12 bits per heavy atom. The Hall–Kier alpha value is -3.60. The summed E-state index contributed by atoms with van der Waals surface area (Å²) >= 11 is 0. The normalized spacial score (nSPS) is 10.8. The maximum absolute atomic E-state index is 12.0. The monoisotopic (exact) mass is 429 g/mol. The average Bonchev–Trinajstić information content (AvgIpc) is 2.84. The van der Waals surface area contributed by atoms with Crippen LogP contribution in [0.5, 0.6) is 5.75 Å². The van der Waals surface area contributed by atoms with Gasteiger partial charge in [-0.05, 0) is 53.8 Å². The maximum Gasteiger partial charge on any atom is 0.277 e. The van der Waals surface area contributed by atoms with E-state index in [2.05, 4.69) is 53.5 Å². The smallest absolute Gasteiger partial charge is 0.277 e. The molecule has 0 unspecified atom stereocenters. The third-order valence-electron chi connectivity index (χ3n) is 4.98. The van der Waals surface area contributed by atoms with Crippen LogP contribution in [0, 0.1) is 0 Å². The van der Waals surface area contributed by atoms with Gasteiger partial charge in [0.2, 0.25) is 0 Å². The molecule has 0 heterocycles. The van der Waals surface area contributed by atoms with Gasteiger partial charge < -0.3 is 9.64 Å². The van der Waals surface area contributed by atoms with Gasteiger partial charge in [0.1, 0.15) is 5.75 Å². The molecule has 0 aromatic heterocycles. The highest BCUT2D eigenvalue weighted by atomic mass is 16.5. The molecule has 0 atom stereocenters. The minimum atomic E-state index is -0.304. The van der Waals surface area contributed by atoms with Crippen molar-refractivity contribution < 1.29 is 9.53 Å². The van der Waals surface area contributed by atoms with Crippen LogP contribution in [0.1, 0.15) is 32.3 Å². The van der Waals surface area contributed by atoms with Gasteiger partial charge in [0.25, 0.3) is 5.91 Å². The van der Waals surface area contributed by atoms with Crippen LogP contribution in [-0.4, -0.2) is 31.8 Å².